The summed E-state index contributed by atoms with van der Waals surface area (Å²) in [5.74, 6) is 0. The normalized spacial score (nSPS) is 19.7. The Labute approximate surface area is 125 Å². The summed E-state index contributed by atoms with van der Waals surface area (Å²) in [7, 11) is 2.10. The van der Waals surface area contributed by atoms with Gasteiger partial charge in [0.15, 0.2) is 0 Å². The van der Waals surface area contributed by atoms with Crippen LogP contribution in [0.3, 0.4) is 0 Å². The number of rotatable bonds is 2. The zero-order chi connectivity index (χ0) is 14.8. The second-order valence-corrected chi connectivity index (χ2v) is 5.82. The minimum atomic E-state index is -0.815. The van der Waals surface area contributed by atoms with Gasteiger partial charge in [0, 0.05) is 45.3 Å². The van der Waals surface area contributed by atoms with Gasteiger partial charge in [0.1, 0.15) is 0 Å². The highest BCUT2D eigenvalue weighted by molar-refractivity contribution is 5.65. The number of hydrogen-bond acceptors (Lipinski definition) is 3. The van der Waals surface area contributed by atoms with Crippen molar-refractivity contribution in [1.29, 1.82) is 0 Å². The van der Waals surface area contributed by atoms with Gasteiger partial charge >= 0.3 is 6.09 Å². The third-order valence-corrected chi connectivity index (χ3v) is 4.22. The van der Waals surface area contributed by atoms with Crippen molar-refractivity contribution in [2.45, 2.75) is 13.0 Å². The van der Waals surface area contributed by atoms with Crippen LogP contribution in [0.15, 0.2) is 41.6 Å². The maximum absolute atomic E-state index is 11.2. The monoisotopic (exact) mass is 287 g/mol. The number of carboxylic acid groups (broad SMARTS) is 1. The van der Waals surface area contributed by atoms with Crippen LogP contribution in [0.4, 0.5) is 4.79 Å². The van der Waals surface area contributed by atoms with Crippen LogP contribution in [0.2, 0.25) is 0 Å². The van der Waals surface area contributed by atoms with E-state index in [1.807, 2.05) is 6.07 Å². The minimum Gasteiger partial charge on any atom is -0.465 e. The number of benzene rings is 1. The van der Waals surface area contributed by atoms with Crippen molar-refractivity contribution in [3.05, 3.63) is 47.2 Å². The lowest BCUT2D eigenvalue weighted by Gasteiger charge is -2.42. The van der Waals surface area contributed by atoms with Crippen LogP contribution in [-0.2, 0) is 6.54 Å². The minimum absolute atomic E-state index is 0.542. The zero-order valence-electron chi connectivity index (χ0n) is 12.3. The van der Waals surface area contributed by atoms with Crippen molar-refractivity contribution in [3.63, 3.8) is 0 Å². The van der Waals surface area contributed by atoms with Gasteiger partial charge in [0.2, 0.25) is 0 Å². The van der Waals surface area contributed by atoms with E-state index in [4.69, 9.17) is 0 Å². The Kier molecular flexibility index (Phi) is 3.84. The van der Waals surface area contributed by atoms with Gasteiger partial charge in [-0.2, -0.15) is 0 Å². The molecule has 112 valence electrons. The second-order valence-electron chi connectivity index (χ2n) is 5.82. The molecule has 1 aromatic carbocycles. The van der Waals surface area contributed by atoms with Crippen LogP contribution in [0.1, 0.15) is 12.0 Å². The first-order valence-corrected chi connectivity index (χ1v) is 7.29. The predicted octanol–water partition coefficient (Wildman–Crippen LogP) is 2.03. The Hall–Kier alpha value is -2.01. The molecule has 0 bridgehead atoms. The summed E-state index contributed by atoms with van der Waals surface area (Å²) in [6.45, 7) is 3.81. The molecule has 21 heavy (non-hydrogen) atoms. The van der Waals surface area contributed by atoms with Gasteiger partial charge in [-0.3, -0.25) is 4.90 Å². The van der Waals surface area contributed by atoms with Crippen LogP contribution in [0.25, 0.3) is 0 Å². The van der Waals surface area contributed by atoms with E-state index in [1.54, 1.807) is 0 Å². The molecular formula is C16H21N3O2. The lowest BCUT2D eigenvalue weighted by Crippen LogP contribution is -2.48. The molecule has 5 nitrogen and oxygen atoms in total. The first kappa shape index (κ1) is 13.9. The van der Waals surface area contributed by atoms with Gasteiger partial charge < -0.3 is 14.9 Å². The smallest absolute Gasteiger partial charge is 0.407 e. The van der Waals surface area contributed by atoms with E-state index in [9.17, 15) is 9.90 Å². The summed E-state index contributed by atoms with van der Waals surface area (Å²) in [6.07, 6.45) is 0.0153. The number of amides is 1. The molecule has 2 aliphatic heterocycles. The van der Waals surface area contributed by atoms with E-state index in [0.29, 0.717) is 13.1 Å². The standard InChI is InChI=1S/C16H21N3O2/c1-17-12-18(9-13-5-3-2-4-6-13)10-14-11-19(16(20)21)8-7-15(14)17/h2-6H,7-12H2,1H3,(H,20,21). The van der Waals surface area contributed by atoms with Crippen molar-refractivity contribution in [2.24, 2.45) is 0 Å². The molecular weight excluding hydrogens is 266 g/mol. The molecule has 1 aromatic rings. The molecule has 1 amide bonds. The number of nitrogens with zero attached hydrogens (tertiary/aromatic N) is 3. The van der Waals surface area contributed by atoms with Crippen molar-refractivity contribution in [2.75, 3.05) is 33.4 Å². The number of hydrogen-bond donors (Lipinski definition) is 1. The fourth-order valence-electron chi connectivity index (χ4n) is 3.24. The Bertz CT molecular complexity index is 556. The Balaban J connectivity index is 1.72. The predicted molar refractivity (Wildman–Crippen MR) is 80.7 cm³/mol. The first-order valence-electron chi connectivity index (χ1n) is 7.29. The van der Waals surface area contributed by atoms with E-state index in [2.05, 4.69) is 41.1 Å². The van der Waals surface area contributed by atoms with Gasteiger partial charge in [-0.25, -0.2) is 4.79 Å². The molecule has 2 heterocycles. The maximum Gasteiger partial charge on any atom is 0.407 e. The van der Waals surface area contributed by atoms with E-state index < -0.39 is 6.09 Å². The largest absolute Gasteiger partial charge is 0.465 e. The molecule has 0 spiro atoms. The van der Waals surface area contributed by atoms with E-state index in [-0.39, 0.29) is 0 Å². The van der Waals surface area contributed by atoms with Gasteiger partial charge in [-0.15, -0.1) is 0 Å². The molecule has 0 aliphatic carbocycles. The van der Waals surface area contributed by atoms with Crippen LogP contribution in [0.5, 0.6) is 0 Å². The lowest BCUT2D eigenvalue weighted by atomic mass is 10.0. The fourth-order valence-corrected chi connectivity index (χ4v) is 3.24. The van der Waals surface area contributed by atoms with Crippen molar-refractivity contribution >= 4 is 6.09 Å². The molecule has 0 saturated carbocycles. The highest BCUT2D eigenvalue weighted by atomic mass is 16.4. The fraction of sp³-hybridized carbons (Fsp3) is 0.438. The van der Waals surface area contributed by atoms with Gasteiger partial charge in [-0.05, 0) is 11.1 Å². The Morgan fingerprint density at radius 3 is 2.71 bits per heavy atom. The highest BCUT2D eigenvalue weighted by Gasteiger charge is 2.29. The molecule has 0 aromatic heterocycles. The third-order valence-electron chi connectivity index (χ3n) is 4.22. The van der Waals surface area contributed by atoms with Crippen molar-refractivity contribution in [1.82, 2.24) is 14.7 Å². The Morgan fingerprint density at radius 1 is 1.24 bits per heavy atom. The average molecular weight is 287 g/mol. The maximum atomic E-state index is 11.2. The summed E-state index contributed by atoms with van der Waals surface area (Å²) in [5.41, 5.74) is 3.87. The molecule has 0 unspecified atom stereocenters. The molecule has 0 atom stereocenters. The molecule has 0 radical (unpaired) electrons. The quantitative estimate of drug-likeness (QED) is 0.904. The summed E-state index contributed by atoms with van der Waals surface area (Å²) in [4.78, 5) is 17.3. The average Bonchev–Trinajstić information content (AvgIpc) is 2.47. The molecule has 3 rings (SSSR count). The van der Waals surface area contributed by atoms with Crippen LogP contribution in [-0.4, -0.2) is 59.3 Å². The van der Waals surface area contributed by atoms with Crippen LogP contribution < -0.4 is 0 Å². The third kappa shape index (κ3) is 3.03. The summed E-state index contributed by atoms with van der Waals surface area (Å²) in [6, 6.07) is 10.4. The van der Waals surface area contributed by atoms with E-state index in [0.717, 1.165) is 26.2 Å². The van der Waals surface area contributed by atoms with Gasteiger partial charge in [-0.1, -0.05) is 30.3 Å². The van der Waals surface area contributed by atoms with Gasteiger partial charge in [0.25, 0.3) is 0 Å². The summed E-state index contributed by atoms with van der Waals surface area (Å²) < 4.78 is 0. The number of carbonyl (C=O) groups is 1. The molecule has 0 fully saturated rings. The van der Waals surface area contributed by atoms with Crippen molar-refractivity contribution in [3.8, 4) is 0 Å². The molecule has 0 saturated heterocycles. The first-order chi connectivity index (χ1) is 10.1. The van der Waals surface area contributed by atoms with E-state index >= 15 is 0 Å². The molecule has 2 aliphatic rings. The summed E-state index contributed by atoms with van der Waals surface area (Å²) >= 11 is 0. The lowest BCUT2D eigenvalue weighted by molar-refractivity contribution is 0.119. The Morgan fingerprint density at radius 2 is 2.00 bits per heavy atom. The highest BCUT2D eigenvalue weighted by Crippen LogP contribution is 2.26. The molecule has 5 heteroatoms. The SMILES string of the molecule is CN1CN(Cc2ccccc2)CC2=C1CCN(C(=O)O)C2. The van der Waals surface area contributed by atoms with E-state index in [1.165, 1.54) is 21.7 Å². The summed E-state index contributed by atoms with van der Waals surface area (Å²) in [5, 5.41) is 9.17. The van der Waals surface area contributed by atoms with Gasteiger partial charge in [0.05, 0.1) is 6.67 Å². The second kappa shape index (κ2) is 5.77. The van der Waals surface area contributed by atoms with Crippen LogP contribution >= 0.6 is 0 Å². The topological polar surface area (TPSA) is 47.0 Å². The van der Waals surface area contributed by atoms with Crippen LogP contribution in [0, 0.1) is 0 Å². The zero-order valence-corrected chi connectivity index (χ0v) is 12.3. The molecule has 1 N–H and O–H groups in total. The van der Waals surface area contributed by atoms with Crippen molar-refractivity contribution < 1.29 is 9.90 Å².